The lowest BCUT2D eigenvalue weighted by Crippen LogP contribution is -2.56. The Labute approximate surface area is 132 Å². The van der Waals surface area contributed by atoms with Gasteiger partial charge in [0.15, 0.2) is 0 Å². The van der Waals surface area contributed by atoms with E-state index in [1.54, 1.807) is 11.3 Å². The molecule has 0 radical (unpaired) electrons. The highest BCUT2D eigenvalue weighted by Crippen LogP contribution is 2.28. The van der Waals surface area contributed by atoms with Gasteiger partial charge < -0.3 is 5.32 Å². The van der Waals surface area contributed by atoms with Crippen LogP contribution in [-0.2, 0) is 17.8 Å². The largest absolute Gasteiger partial charge is 0.350 e. The second-order valence-electron chi connectivity index (χ2n) is 6.51. The van der Waals surface area contributed by atoms with Crippen molar-refractivity contribution in [3.8, 4) is 0 Å². The molecule has 0 unspecified atom stereocenters. The average Bonchev–Trinajstić information content (AvgIpc) is 3.14. The fraction of sp³-hybridized carbons (Fsp3) is 0.706. The number of hydrogen-bond acceptors (Lipinski definition) is 3. The molecule has 0 saturated heterocycles. The van der Waals surface area contributed by atoms with E-state index in [2.05, 4.69) is 36.3 Å². The van der Waals surface area contributed by atoms with Crippen LogP contribution in [0.4, 0.5) is 0 Å². The number of thiophene rings is 1. The Morgan fingerprint density at radius 2 is 1.95 bits per heavy atom. The van der Waals surface area contributed by atoms with Crippen LogP contribution in [0.15, 0.2) is 12.1 Å². The van der Waals surface area contributed by atoms with Gasteiger partial charge in [-0.1, -0.05) is 19.8 Å². The van der Waals surface area contributed by atoms with Crippen molar-refractivity contribution in [3.63, 3.8) is 0 Å². The lowest BCUT2D eigenvalue weighted by Gasteiger charge is -2.38. The van der Waals surface area contributed by atoms with Gasteiger partial charge in [0, 0.05) is 15.8 Å². The van der Waals surface area contributed by atoms with Crippen molar-refractivity contribution in [1.82, 2.24) is 10.2 Å². The van der Waals surface area contributed by atoms with E-state index in [-0.39, 0.29) is 5.91 Å². The minimum absolute atomic E-state index is 0.128. The molecule has 4 heteroatoms. The quantitative estimate of drug-likeness (QED) is 0.871. The molecular formula is C17H28N2OS. The summed E-state index contributed by atoms with van der Waals surface area (Å²) in [6.07, 6.45) is 6.09. The monoisotopic (exact) mass is 308 g/mol. The van der Waals surface area contributed by atoms with Crippen molar-refractivity contribution in [2.24, 2.45) is 0 Å². The van der Waals surface area contributed by atoms with Crippen LogP contribution in [0, 0.1) is 0 Å². The van der Waals surface area contributed by atoms with E-state index in [9.17, 15) is 4.79 Å². The standard InChI is InChI=1S/C17H28N2OS/c1-5-14-10-11-15(21-14)12-18-16(20)17(2,3)19(4)13-8-6-7-9-13/h10-11,13H,5-9,12H2,1-4H3,(H,18,20). The molecule has 3 nitrogen and oxygen atoms in total. The molecule has 2 rings (SSSR count). The molecule has 1 aliphatic rings. The highest BCUT2D eigenvalue weighted by molar-refractivity contribution is 7.11. The third-order valence-corrected chi connectivity index (χ3v) is 6.03. The van der Waals surface area contributed by atoms with Gasteiger partial charge in [0.25, 0.3) is 0 Å². The maximum atomic E-state index is 12.6. The number of nitrogens with one attached hydrogen (secondary N) is 1. The number of likely N-dealkylation sites (N-methyl/N-ethyl adjacent to an activating group) is 1. The molecule has 1 fully saturated rings. The number of aryl methyl sites for hydroxylation is 1. The normalized spacial score (nSPS) is 16.6. The minimum Gasteiger partial charge on any atom is -0.350 e. The summed E-state index contributed by atoms with van der Waals surface area (Å²) in [5.74, 6) is 0.128. The van der Waals surface area contributed by atoms with Crippen LogP contribution in [0.3, 0.4) is 0 Å². The first kappa shape index (κ1) is 16.5. The fourth-order valence-electron chi connectivity index (χ4n) is 3.00. The molecule has 1 heterocycles. The van der Waals surface area contributed by atoms with Gasteiger partial charge in [0.05, 0.1) is 12.1 Å². The van der Waals surface area contributed by atoms with Crippen LogP contribution < -0.4 is 5.32 Å². The first-order valence-corrected chi connectivity index (χ1v) is 8.85. The van der Waals surface area contributed by atoms with E-state index < -0.39 is 5.54 Å². The molecule has 21 heavy (non-hydrogen) atoms. The SMILES string of the molecule is CCc1ccc(CNC(=O)C(C)(C)N(C)C2CCCC2)s1. The predicted molar refractivity (Wildman–Crippen MR) is 89.6 cm³/mol. The molecule has 0 atom stereocenters. The Kier molecular flexibility index (Phi) is 5.44. The Bertz CT molecular complexity index is 475. The molecule has 1 aliphatic carbocycles. The second-order valence-corrected chi connectivity index (χ2v) is 7.77. The van der Waals surface area contributed by atoms with Crippen LogP contribution in [-0.4, -0.2) is 29.4 Å². The van der Waals surface area contributed by atoms with Crippen molar-refractivity contribution in [3.05, 3.63) is 21.9 Å². The van der Waals surface area contributed by atoms with Gasteiger partial charge in [-0.15, -0.1) is 11.3 Å². The highest BCUT2D eigenvalue weighted by Gasteiger charge is 2.36. The predicted octanol–water partition coefficient (Wildman–Crippen LogP) is 3.58. The Balaban J connectivity index is 1.91. The molecule has 0 spiro atoms. The van der Waals surface area contributed by atoms with Crippen molar-refractivity contribution in [1.29, 1.82) is 0 Å². The van der Waals surface area contributed by atoms with Crippen molar-refractivity contribution >= 4 is 17.2 Å². The van der Waals surface area contributed by atoms with Gasteiger partial charge in [-0.05, 0) is 52.3 Å². The second kappa shape index (κ2) is 6.93. The molecular weight excluding hydrogens is 280 g/mol. The summed E-state index contributed by atoms with van der Waals surface area (Å²) in [6, 6.07) is 4.83. The molecule has 1 saturated carbocycles. The summed E-state index contributed by atoms with van der Waals surface area (Å²) in [7, 11) is 2.09. The number of nitrogens with zero attached hydrogens (tertiary/aromatic N) is 1. The highest BCUT2D eigenvalue weighted by atomic mass is 32.1. The fourth-order valence-corrected chi connectivity index (χ4v) is 3.90. The van der Waals surface area contributed by atoms with Gasteiger partial charge in [0.1, 0.15) is 0 Å². The number of carbonyl (C=O) groups excluding carboxylic acids is 1. The molecule has 1 aromatic heterocycles. The van der Waals surface area contributed by atoms with Crippen molar-refractivity contribution in [2.75, 3.05) is 7.05 Å². The van der Waals surface area contributed by atoms with Gasteiger partial charge in [-0.3, -0.25) is 9.69 Å². The van der Waals surface area contributed by atoms with Crippen LogP contribution in [0.2, 0.25) is 0 Å². The van der Waals surface area contributed by atoms with Crippen molar-refractivity contribution < 1.29 is 4.79 Å². The molecule has 1 N–H and O–H groups in total. The van der Waals surface area contributed by atoms with Crippen LogP contribution in [0.25, 0.3) is 0 Å². The maximum Gasteiger partial charge on any atom is 0.240 e. The van der Waals surface area contributed by atoms with Gasteiger partial charge in [-0.25, -0.2) is 0 Å². The van der Waals surface area contributed by atoms with Crippen LogP contribution in [0.5, 0.6) is 0 Å². The molecule has 118 valence electrons. The molecule has 1 amide bonds. The number of hydrogen-bond donors (Lipinski definition) is 1. The van der Waals surface area contributed by atoms with E-state index in [0.717, 1.165) is 6.42 Å². The zero-order valence-electron chi connectivity index (χ0n) is 13.7. The molecule has 0 aliphatic heterocycles. The van der Waals surface area contributed by atoms with Crippen molar-refractivity contribution in [2.45, 2.75) is 71.0 Å². The van der Waals surface area contributed by atoms with E-state index in [1.807, 2.05) is 13.8 Å². The summed E-state index contributed by atoms with van der Waals surface area (Å²) in [6.45, 7) is 6.87. The Morgan fingerprint density at radius 3 is 2.52 bits per heavy atom. The number of carbonyl (C=O) groups is 1. The minimum atomic E-state index is -0.445. The summed E-state index contributed by atoms with van der Waals surface area (Å²) >= 11 is 1.79. The van der Waals surface area contributed by atoms with E-state index in [4.69, 9.17) is 0 Å². The topological polar surface area (TPSA) is 32.3 Å². The zero-order chi connectivity index (χ0) is 15.5. The smallest absolute Gasteiger partial charge is 0.240 e. The molecule has 1 aromatic rings. The molecule has 0 bridgehead atoms. The average molecular weight is 308 g/mol. The zero-order valence-corrected chi connectivity index (χ0v) is 14.6. The third kappa shape index (κ3) is 3.86. The van der Waals surface area contributed by atoms with E-state index >= 15 is 0 Å². The van der Waals surface area contributed by atoms with Crippen LogP contribution >= 0.6 is 11.3 Å². The lowest BCUT2D eigenvalue weighted by atomic mass is 9.99. The summed E-state index contributed by atoms with van der Waals surface area (Å²) in [4.78, 5) is 17.4. The van der Waals surface area contributed by atoms with Gasteiger partial charge in [-0.2, -0.15) is 0 Å². The van der Waals surface area contributed by atoms with Gasteiger partial charge in [0.2, 0.25) is 5.91 Å². The lowest BCUT2D eigenvalue weighted by molar-refractivity contribution is -0.132. The Hall–Kier alpha value is -0.870. The Morgan fingerprint density at radius 1 is 1.33 bits per heavy atom. The molecule has 0 aromatic carbocycles. The first-order chi connectivity index (χ1) is 9.95. The van der Waals surface area contributed by atoms with Gasteiger partial charge >= 0.3 is 0 Å². The number of rotatable bonds is 6. The maximum absolute atomic E-state index is 12.6. The van der Waals surface area contributed by atoms with E-state index in [1.165, 1.54) is 35.4 Å². The summed E-state index contributed by atoms with van der Waals surface area (Å²) in [5.41, 5.74) is -0.445. The van der Waals surface area contributed by atoms with E-state index in [0.29, 0.717) is 12.6 Å². The van der Waals surface area contributed by atoms with Crippen LogP contribution in [0.1, 0.15) is 56.2 Å². The number of amides is 1. The third-order valence-electron chi connectivity index (χ3n) is 4.80. The summed E-state index contributed by atoms with van der Waals surface area (Å²) in [5, 5.41) is 3.11. The summed E-state index contributed by atoms with van der Waals surface area (Å²) < 4.78 is 0. The first-order valence-electron chi connectivity index (χ1n) is 8.04.